The van der Waals surface area contributed by atoms with Gasteiger partial charge in [-0.3, -0.25) is 4.79 Å². The van der Waals surface area contributed by atoms with Gasteiger partial charge in [0.15, 0.2) is 5.78 Å². The van der Waals surface area contributed by atoms with Gasteiger partial charge in [0, 0.05) is 16.7 Å². The molecule has 0 unspecified atom stereocenters. The maximum absolute atomic E-state index is 13.4. The zero-order valence-electron chi connectivity index (χ0n) is 19.3. The van der Waals surface area contributed by atoms with E-state index in [0.717, 1.165) is 18.4 Å². The van der Waals surface area contributed by atoms with Crippen molar-refractivity contribution in [3.8, 4) is 0 Å². The molecule has 3 saturated carbocycles. The first-order chi connectivity index (χ1) is 15.6. The van der Waals surface area contributed by atoms with Gasteiger partial charge in [-0.05, 0) is 69.4 Å². The molecule has 6 nitrogen and oxygen atoms in total. The molecule has 3 fully saturated rings. The molecule has 0 heterocycles. The average Bonchev–Trinajstić information content (AvgIpc) is 3.09. The predicted molar refractivity (Wildman–Crippen MR) is 124 cm³/mol. The van der Waals surface area contributed by atoms with Crippen molar-refractivity contribution in [1.82, 2.24) is 0 Å². The monoisotopic (exact) mass is 498 g/mol. The lowest BCUT2D eigenvalue weighted by Gasteiger charge is -2.60. The lowest BCUT2D eigenvalue weighted by atomic mass is 9.45. The van der Waals surface area contributed by atoms with E-state index in [9.17, 15) is 19.5 Å². The Labute approximate surface area is 204 Å². The maximum Gasteiger partial charge on any atom is 0.351 e. The summed E-state index contributed by atoms with van der Waals surface area (Å²) in [5.41, 5.74) is -1.68. The highest BCUT2D eigenvalue weighted by Gasteiger charge is 2.72. The fraction of sp³-hybridized carbons (Fsp3) is 0.720. The molecule has 0 radical (unpaired) electrons. The fourth-order valence-electron chi connectivity index (χ4n) is 7.77. The lowest BCUT2D eigenvalue weighted by Crippen LogP contribution is -2.64. The molecule has 0 bridgehead atoms. The minimum Gasteiger partial charge on any atom is -0.463 e. The standard InChI is InChI=1S/C25H32Cl2O6/c1-4-24-13-18(29)19-16(7-6-14-12-15(28)8-10-23(14,19)3)17(24)9-11-25(24,22(31)32-5-2)33-21(30)20(26)27/h8,10,12,16-20,29H,4-7,9,11,13H2,1-3H3/t16-,17-,18-,19+,23-,24-,25-/m0/s1. The Morgan fingerprint density at radius 3 is 2.64 bits per heavy atom. The number of rotatable bonds is 5. The minimum atomic E-state index is -1.54. The first kappa shape index (κ1) is 24.7. The molecule has 4 rings (SSSR count). The van der Waals surface area contributed by atoms with Crippen LogP contribution in [-0.2, 0) is 23.9 Å². The SMILES string of the molecule is CCOC(=O)[C@@]1(OC(=O)C(Cl)Cl)CC[C@H]2[C@@H]3CCC4=CC(=O)C=C[C@]4(C)[C@H]3[C@@H](O)C[C@@]21CC. The third-order valence-electron chi connectivity index (χ3n) is 9.02. The molecule has 0 saturated heterocycles. The van der Waals surface area contributed by atoms with Crippen molar-refractivity contribution in [2.24, 2.45) is 28.6 Å². The molecule has 0 amide bonds. The van der Waals surface area contributed by atoms with Crippen molar-refractivity contribution < 1.29 is 29.0 Å². The summed E-state index contributed by atoms with van der Waals surface area (Å²) in [6.45, 7) is 5.93. The van der Waals surface area contributed by atoms with Crippen LogP contribution in [0.4, 0.5) is 0 Å². The van der Waals surface area contributed by atoms with Crippen LogP contribution in [0.15, 0.2) is 23.8 Å². The second kappa shape index (κ2) is 8.69. The number of fused-ring (bicyclic) bond motifs is 5. The summed E-state index contributed by atoms with van der Waals surface area (Å²) in [6, 6.07) is 0. The number of hydrogen-bond donors (Lipinski definition) is 1. The molecule has 0 aromatic heterocycles. The van der Waals surface area contributed by atoms with Gasteiger partial charge in [-0.2, -0.15) is 0 Å². The van der Waals surface area contributed by atoms with Crippen LogP contribution in [0.3, 0.4) is 0 Å². The summed E-state index contributed by atoms with van der Waals surface area (Å²) >= 11 is 11.6. The summed E-state index contributed by atoms with van der Waals surface area (Å²) in [6.07, 6.45) is 7.88. The normalized spacial score (nSPS) is 41.7. The smallest absolute Gasteiger partial charge is 0.351 e. The third-order valence-corrected chi connectivity index (χ3v) is 9.37. The number of ketones is 1. The molecule has 182 valence electrons. The Balaban J connectivity index is 1.79. The van der Waals surface area contributed by atoms with Gasteiger partial charge in [0.1, 0.15) is 0 Å². The number of carbonyl (C=O) groups excluding carboxylic acids is 3. The molecular formula is C25H32Cl2O6. The molecule has 4 aliphatic rings. The van der Waals surface area contributed by atoms with Crippen LogP contribution < -0.4 is 0 Å². The molecule has 0 aromatic rings. The van der Waals surface area contributed by atoms with Gasteiger partial charge in [0.25, 0.3) is 0 Å². The zero-order valence-corrected chi connectivity index (χ0v) is 20.8. The van der Waals surface area contributed by atoms with E-state index in [1.807, 2.05) is 13.0 Å². The van der Waals surface area contributed by atoms with Crippen molar-refractivity contribution in [1.29, 1.82) is 0 Å². The van der Waals surface area contributed by atoms with Crippen molar-refractivity contribution in [2.45, 2.75) is 75.8 Å². The number of hydrogen-bond acceptors (Lipinski definition) is 6. The van der Waals surface area contributed by atoms with Gasteiger partial charge < -0.3 is 14.6 Å². The van der Waals surface area contributed by atoms with Gasteiger partial charge in [0.05, 0.1) is 12.7 Å². The summed E-state index contributed by atoms with van der Waals surface area (Å²) in [5.74, 6) is -1.42. The van der Waals surface area contributed by atoms with Crippen LogP contribution >= 0.6 is 23.2 Å². The van der Waals surface area contributed by atoms with Gasteiger partial charge >= 0.3 is 11.9 Å². The van der Waals surface area contributed by atoms with E-state index in [-0.39, 0.29) is 30.1 Å². The number of halogens is 2. The zero-order chi connectivity index (χ0) is 24.2. The van der Waals surface area contributed by atoms with E-state index in [1.54, 1.807) is 19.1 Å². The predicted octanol–water partition coefficient (Wildman–Crippen LogP) is 4.30. The van der Waals surface area contributed by atoms with Crippen LogP contribution in [-0.4, -0.2) is 46.0 Å². The molecule has 0 aromatic carbocycles. The first-order valence-corrected chi connectivity index (χ1v) is 12.7. The highest BCUT2D eigenvalue weighted by molar-refractivity contribution is 6.53. The van der Waals surface area contributed by atoms with Gasteiger partial charge in [-0.15, -0.1) is 0 Å². The maximum atomic E-state index is 13.4. The summed E-state index contributed by atoms with van der Waals surface area (Å²) < 4.78 is 11.3. The minimum absolute atomic E-state index is 0.0139. The number of allylic oxidation sites excluding steroid dienone is 4. The van der Waals surface area contributed by atoms with E-state index in [0.29, 0.717) is 25.7 Å². The quantitative estimate of drug-likeness (QED) is 0.448. The van der Waals surface area contributed by atoms with Crippen LogP contribution in [0.5, 0.6) is 0 Å². The molecular weight excluding hydrogens is 467 g/mol. The Morgan fingerprint density at radius 2 is 2.00 bits per heavy atom. The molecule has 7 atom stereocenters. The Bertz CT molecular complexity index is 913. The van der Waals surface area contributed by atoms with Crippen molar-refractivity contribution in [3.63, 3.8) is 0 Å². The van der Waals surface area contributed by atoms with E-state index in [1.165, 1.54) is 0 Å². The Morgan fingerprint density at radius 1 is 1.27 bits per heavy atom. The number of esters is 2. The van der Waals surface area contributed by atoms with E-state index in [4.69, 9.17) is 32.7 Å². The number of aliphatic hydroxyl groups is 1. The van der Waals surface area contributed by atoms with Gasteiger partial charge in [-0.1, -0.05) is 48.7 Å². The largest absolute Gasteiger partial charge is 0.463 e. The summed E-state index contributed by atoms with van der Waals surface area (Å²) in [4.78, 5) is 36.6. The molecule has 1 N–H and O–H groups in total. The molecule has 8 heteroatoms. The fourth-order valence-corrected chi connectivity index (χ4v) is 7.86. The van der Waals surface area contributed by atoms with E-state index < -0.39 is 39.3 Å². The Hall–Kier alpha value is -1.37. The number of aliphatic hydroxyl groups excluding tert-OH is 1. The number of carbonyl (C=O) groups is 3. The van der Waals surface area contributed by atoms with Crippen LogP contribution in [0.25, 0.3) is 0 Å². The highest BCUT2D eigenvalue weighted by atomic mass is 35.5. The van der Waals surface area contributed by atoms with Crippen LogP contribution in [0.1, 0.15) is 59.3 Å². The van der Waals surface area contributed by atoms with E-state index in [2.05, 4.69) is 6.92 Å². The second-order valence-corrected chi connectivity index (χ2v) is 11.2. The third kappa shape index (κ3) is 3.51. The molecule has 33 heavy (non-hydrogen) atoms. The average molecular weight is 499 g/mol. The number of alkyl halides is 2. The van der Waals surface area contributed by atoms with Crippen molar-refractivity contribution in [3.05, 3.63) is 23.8 Å². The lowest BCUT2D eigenvalue weighted by molar-refractivity contribution is -0.216. The topological polar surface area (TPSA) is 89.9 Å². The van der Waals surface area contributed by atoms with Crippen molar-refractivity contribution >= 4 is 40.9 Å². The summed E-state index contributed by atoms with van der Waals surface area (Å²) in [5, 5.41) is 11.6. The number of ether oxygens (including phenoxy) is 2. The molecule has 0 aliphatic heterocycles. The van der Waals surface area contributed by atoms with Crippen molar-refractivity contribution in [2.75, 3.05) is 6.61 Å². The van der Waals surface area contributed by atoms with Crippen LogP contribution in [0.2, 0.25) is 0 Å². The highest BCUT2D eigenvalue weighted by Crippen LogP contribution is 2.69. The first-order valence-electron chi connectivity index (χ1n) is 11.9. The van der Waals surface area contributed by atoms with E-state index >= 15 is 0 Å². The second-order valence-electron chi connectivity index (χ2n) is 10.1. The van der Waals surface area contributed by atoms with Gasteiger partial charge in [-0.25, -0.2) is 9.59 Å². The summed E-state index contributed by atoms with van der Waals surface area (Å²) in [7, 11) is 0. The van der Waals surface area contributed by atoms with Crippen LogP contribution in [0, 0.1) is 28.6 Å². The Kier molecular flexibility index (Phi) is 6.52. The van der Waals surface area contributed by atoms with Gasteiger partial charge in [0.2, 0.25) is 10.4 Å². The molecule has 4 aliphatic carbocycles. The molecule has 0 spiro atoms.